The van der Waals surface area contributed by atoms with Crippen LogP contribution < -0.4 is 4.74 Å². The summed E-state index contributed by atoms with van der Waals surface area (Å²) < 4.78 is 43.9. The fraction of sp³-hybridized carbons (Fsp3) is 0.400. The molecule has 3 atom stereocenters. The summed E-state index contributed by atoms with van der Waals surface area (Å²) in [6, 6.07) is 3.19. The van der Waals surface area contributed by atoms with E-state index >= 15 is 0 Å². The Balaban J connectivity index is 1.37. The Morgan fingerprint density at radius 1 is 1.12 bits per heavy atom. The maximum atomic E-state index is 13.5. The molecule has 9 nitrogen and oxygen atoms in total. The highest BCUT2D eigenvalue weighted by molar-refractivity contribution is 5.98. The van der Waals surface area contributed by atoms with Crippen LogP contribution in [0.4, 0.5) is 13.2 Å². The van der Waals surface area contributed by atoms with Crippen molar-refractivity contribution in [3.63, 3.8) is 0 Å². The predicted octanol–water partition coefficient (Wildman–Crippen LogP) is 2.60. The Bertz CT molecular complexity index is 1140. The zero-order valence-corrected chi connectivity index (χ0v) is 16.9. The molecule has 3 aromatic rings. The molecule has 12 heteroatoms. The van der Waals surface area contributed by atoms with Crippen LogP contribution >= 0.6 is 0 Å². The van der Waals surface area contributed by atoms with Crippen molar-refractivity contribution in [3.05, 3.63) is 53.9 Å². The Morgan fingerprint density at radius 3 is 2.59 bits per heavy atom. The van der Waals surface area contributed by atoms with Gasteiger partial charge >= 0.3 is 6.18 Å². The lowest BCUT2D eigenvalue weighted by Gasteiger charge is -2.25. The third-order valence-corrected chi connectivity index (χ3v) is 5.76. The first-order valence-corrected chi connectivity index (χ1v) is 10.0. The van der Waals surface area contributed by atoms with Crippen molar-refractivity contribution in [2.75, 3.05) is 0 Å². The van der Waals surface area contributed by atoms with Crippen molar-refractivity contribution in [1.82, 2.24) is 34.8 Å². The first-order chi connectivity index (χ1) is 15.3. The number of hydrogen-bond acceptors (Lipinski definition) is 7. The van der Waals surface area contributed by atoms with Gasteiger partial charge in [0.25, 0.3) is 5.91 Å². The Kier molecular flexibility index (Phi) is 4.79. The zero-order chi connectivity index (χ0) is 22.5. The highest BCUT2D eigenvalue weighted by atomic mass is 19.4. The molecule has 1 amide bonds. The highest BCUT2D eigenvalue weighted by Crippen LogP contribution is 2.41. The molecule has 2 saturated heterocycles. The van der Waals surface area contributed by atoms with Crippen LogP contribution in [0.25, 0.3) is 5.82 Å². The van der Waals surface area contributed by atoms with E-state index in [9.17, 15) is 18.0 Å². The third-order valence-electron chi connectivity index (χ3n) is 5.76. The minimum Gasteiger partial charge on any atom is -0.471 e. The van der Waals surface area contributed by atoms with Gasteiger partial charge in [0.05, 0.1) is 36.4 Å². The lowest BCUT2D eigenvalue weighted by Crippen LogP contribution is -2.40. The monoisotopic (exact) mass is 445 g/mol. The molecule has 166 valence electrons. The summed E-state index contributed by atoms with van der Waals surface area (Å²) in [6.07, 6.45) is 1.79. The summed E-state index contributed by atoms with van der Waals surface area (Å²) in [6.45, 7) is 1.82. The number of carbonyl (C=O) groups is 1. The number of aryl methyl sites for hydroxylation is 1. The molecule has 0 spiro atoms. The molecule has 2 fully saturated rings. The molecular formula is C20H18F3N7O2. The number of hydrogen-bond donors (Lipinski definition) is 0. The number of alkyl halides is 3. The van der Waals surface area contributed by atoms with Crippen molar-refractivity contribution in [1.29, 1.82) is 0 Å². The van der Waals surface area contributed by atoms with Crippen LogP contribution in [0.1, 0.15) is 41.0 Å². The zero-order valence-electron chi connectivity index (χ0n) is 16.9. The second kappa shape index (κ2) is 7.53. The van der Waals surface area contributed by atoms with E-state index in [-0.39, 0.29) is 30.0 Å². The van der Waals surface area contributed by atoms with Crippen LogP contribution in [0.15, 0.2) is 36.9 Å². The smallest absolute Gasteiger partial charge is 0.434 e. The lowest BCUT2D eigenvalue weighted by molar-refractivity contribution is -0.141. The van der Waals surface area contributed by atoms with E-state index < -0.39 is 11.9 Å². The van der Waals surface area contributed by atoms with Gasteiger partial charge in [0, 0.05) is 18.2 Å². The van der Waals surface area contributed by atoms with Crippen LogP contribution in [0.5, 0.6) is 5.88 Å². The average Bonchev–Trinajstić information content (AvgIpc) is 3.49. The van der Waals surface area contributed by atoms with Gasteiger partial charge in [-0.3, -0.25) is 4.79 Å². The van der Waals surface area contributed by atoms with Gasteiger partial charge in [0.15, 0.2) is 11.5 Å². The Labute approximate surface area is 180 Å². The molecule has 3 unspecified atom stereocenters. The van der Waals surface area contributed by atoms with E-state index in [1.807, 2.05) is 6.92 Å². The molecule has 0 saturated carbocycles. The highest BCUT2D eigenvalue weighted by Gasteiger charge is 2.50. The van der Waals surface area contributed by atoms with E-state index in [0.717, 1.165) is 24.7 Å². The number of carbonyl (C=O) groups excluding carboxylic acids is 1. The number of amides is 1. The van der Waals surface area contributed by atoms with Crippen LogP contribution in [0.2, 0.25) is 0 Å². The molecule has 0 aromatic carbocycles. The van der Waals surface area contributed by atoms with E-state index in [1.165, 1.54) is 17.2 Å². The van der Waals surface area contributed by atoms with Gasteiger partial charge in [-0.2, -0.15) is 23.4 Å². The van der Waals surface area contributed by atoms with Crippen molar-refractivity contribution in [3.8, 4) is 11.7 Å². The largest absolute Gasteiger partial charge is 0.471 e. The predicted molar refractivity (Wildman–Crippen MR) is 103 cm³/mol. The molecule has 5 heterocycles. The summed E-state index contributed by atoms with van der Waals surface area (Å²) in [5.74, 6) is 0.139. The van der Waals surface area contributed by atoms with Crippen molar-refractivity contribution < 1.29 is 22.7 Å². The van der Waals surface area contributed by atoms with Crippen LogP contribution in [0, 0.1) is 6.92 Å². The van der Waals surface area contributed by atoms with E-state index in [1.54, 1.807) is 17.0 Å². The third kappa shape index (κ3) is 3.55. The molecular weight excluding hydrogens is 427 g/mol. The fourth-order valence-electron chi connectivity index (χ4n) is 4.38. The van der Waals surface area contributed by atoms with E-state index in [4.69, 9.17) is 4.74 Å². The minimum absolute atomic E-state index is 0.00128. The number of ether oxygens (including phenoxy) is 1. The van der Waals surface area contributed by atoms with Crippen LogP contribution in [0.3, 0.4) is 0 Å². The summed E-state index contributed by atoms with van der Waals surface area (Å²) in [7, 11) is 0. The van der Waals surface area contributed by atoms with Gasteiger partial charge < -0.3 is 9.64 Å². The molecule has 2 aliphatic rings. The van der Waals surface area contributed by atoms with Crippen molar-refractivity contribution >= 4 is 5.91 Å². The molecule has 32 heavy (non-hydrogen) atoms. The van der Waals surface area contributed by atoms with Gasteiger partial charge in [0.2, 0.25) is 5.88 Å². The molecule has 2 aliphatic heterocycles. The normalized spacial score (nSPS) is 22.4. The van der Waals surface area contributed by atoms with Gasteiger partial charge in [-0.05, 0) is 31.9 Å². The van der Waals surface area contributed by atoms with Gasteiger partial charge in [-0.1, -0.05) is 0 Å². The molecule has 0 aliphatic carbocycles. The Hall–Kier alpha value is -3.57. The molecule has 2 bridgehead atoms. The standard InChI is InChI=1S/C20H18F3N7O2/c1-11-2-4-13(18(28-11)30-26-6-7-27-30)19(31)29-12-3-5-14(29)15(8-12)32-17-10-24-16(9-25-17)20(21,22)23/h2,4,6-7,9-10,12,14-15H,3,5,8H2,1H3. The summed E-state index contributed by atoms with van der Waals surface area (Å²) in [5.41, 5.74) is 0.0141. The van der Waals surface area contributed by atoms with Crippen molar-refractivity contribution in [2.45, 2.75) is 50.6 Å². The van der Waals surface area contributed by atoms with Crippen LogP contribution in [-0.4, -0.2) is 58.9 Å². The quantitative estimate of drug-likeness (QED) is 0.609. The summed E-state index contributed by atoms with van der Waals surface area (Å²) in [4.78, 5) is 28.2. The number of aromatic nitrogens is 6. The van der Waals surface area contributed by atoms with E-state index in [0.29, 0.717) is 24.0 Å². The van der Waals surface area contributed by atoms with Gasteiger partial charge in [0.1, 0.15) is 6.10 Å². The maximum Gasteiger partial charge on any atom is 0.434 e. The van der Waals surface area contributed by atoms with Gasteiger partial charge in [-0.15, -0.1) is 4.80 Å². The number of pyridine rings is 1. The number of rotatable bonds is 4. The number of halogens is 3. The average molecular weight is 445 g/mol. The minimum atomic E-state index is -4.57. The van der Waals surface area contributed by atoms with E-state index in [2.05, 4.69) is 25.1 Å². The number of fused-ring (bicyclic) bond motifs is 2. The molecule has 5 rings (SSSR count). The first-order valence-electron chi connectivity index (χ1n) is 10.0. The molecule has 0 radical (unpaired) electrons. The molecule has 0 N–H and O–H groups in total. The summed E-state index contributed by atoms with van der Waals surface area (Å²) in [5, 5.41) is 8.20. The topological polar surface area (TPSA) is 98.9 Å². The number of nitrogens with zero attached hydrogens (tertiary/aromatic N) is 7. The second-order valence-electron chi connectivity index (χ2n) is 7.78. The first kappa shape index (κ1) is 20.3. The van der Waals surface area contributed by atoms with Crippen molar-refractivity contribution in [2.24, 2.45) is 0 Å². The van der Waals surface area contributed by atoms with Gasteiger partial charge in [-0.25, -0.2) is 15.0 Å². The Morgan fingerprint density at radius 2 is 1.91 bits per heavy atom. The SMILES string of the molecule is Cc1ccc(C(=O)N2C3CCC2C(Oc2cnc(C(F)(F)F)cn2)C3)c(-n2nccn2)n1. The lowest BCUT2D eigenvalue weighted by atomic mass is 9.98. The summed E-state index contributed by atoms with van der Waals surface area (Å²) >= 11 is 0. The maximum absolute atomic E-state index is 13.5. The molecule has 3 aromatic heterocycles. The second-order valence-corrected chi connectivity index (χ2v) is 7.78. The fourth-order valence-corrected chi connectivity index (χ4v) is 4.38. The van der Waals surface area contributed by atoms with Crippen LogP contribution in [-0.2, 0) is 6.18 Å².